The zero-order valence-corrected chi connectivity index (χ0v) is 14.1. The smallest absolute Gasteiger partial charge is 0.226 e. The molecule has 1 fully saturated rings. The quantitative estimate of drug-likeness (QED) is 0.919. The summed E-state index contributed by atoms with van der Waals surface area (Å²) in [7, 11) is 0. The van der Waals surface area contributed by atoms with Gasteiger partial charge in [-0.05, 0) is 55.0 Å². The summed E-state index contributed by atoms with van der Waals surface area (Å²) in [5.74, 6) is 0.151. The number of nitrogens with zero attached hydrogens (tertiary/aromatic N) is 1. The van der Waals surface area contributed by atoms with Crippen LogP contribution in [0.25, 0.3) is 11.1 Å². The highest BCUT2D eigenvalue weighted by Crippen LogP contribution is 2.37. The predicted molar refractivity (Wildman–Crippen MR) is 94.5 cm³/mol. The van der Waals surface area contributed by atoms with E-state index < -0.39 is 0 Å². The number of rotatable bonds is 5. The molecule has 126 valence electrons. The first-order chi connectivity index (χ1) is 11.7. The number of ether oxygens (including phenoxy) is 1. The Morgan fingerprint density at radius 3 is 2.58 bits per heavy atom. The maximum absolute atomic E-state index is 12.8. The number of benzene rings is 1. The van der Waals surface area contributed by atoms with Crippen LogP contribution in [0.1, 0.15) is 25.3 Å². The number of aromatic nitrogens is 1. The van der Waals surface area contributed by atoms with Gasteiger partial charge in [0.1, 0.15) is 0 Å². The molecule has 0 atom stereocenters. The van der Waals surface area contributed by atoms with E-state index >= 15 is 0 Å². The topological polar surface area (TPSA) is 51.2 Å². The van der Waals surface area contributed by atoms with Crippen molar-refractivity contribution in [2.45, 2.75) is 26.2 Å². The zero-order chi connectivity index (χ0) is 16.8. The molecule has 3 rings (SSSR count). The van der Waals surface area contributed by atoms with E-state index in [2.05, 4.69) is 22.4 Å². The van der Waals surface area contributed by atoms with Crippen molar-refractivity contribution in [3.63, 3.8) is 0 Å². The third-order valence-electron chi connectivity index (χ3n) is 4.81. The van der Waals surface area contributed by atoms with E-state index in [0.29, 0.717) is 19.8 Å². The van der Waals surface area contributed by atoms with Crippen molar-refractivity contribution in [1.82, 2.24) is 10.3 Å². The van der Waals surface area contributed by atoms with E-state index in [1.807, 2.05) is 31.2 Å². The fourth-order valence-electron chi connectivity index (χ4n) is 3.45. The predicted octanol–water partition coefficient (Wildman–Crippen LogP) is 3.22. The van der Waals surface area contributed by atoms with E-state index in [1.165, 1.54) is 11.1 Å². The van der Waals surface area contributed by atoms with Crippen molar-refractivity contribution in [2.75, 3.05) is 19.8 Å². The van der Waals surface area contributed by atoms with Crippen LogP contribution in [0.3, 0.4) is 0 Å². The molecular formula is C20H24N2O2. The molecule has 0 aliphatic carbocycles. The molecule has 1 aliphatic rings. The van der Waals surface area contributed by atoms with Gasteiger partial charge in [0.05, 0.1) is 5.41 Å². The lowest BCUT2D eigenvalue weighted by atomic mass is 9.73. The van der Waals surface area contributed by atoms with Gasteiger partial charge in [0.15, 0.2) is 0 Å². The van der Waals surface area contributed by atoms with Gasteiger partial charge in [-0.2, -0.15) is 0 Å². The summed E-state index contributed by atoms with van der Waals surface area (Å²) in [5, 5.41) is 3.03. The highest BCUT2D eigenvalue weighted by atomic mass is 16.5. The van der Waals surface area contributed by atoms with E-state index in [0.717, 1.165) is 24.8 Å². The number of hydrogen-bond acceptors (Lipinski definition) is 3. The lowest BCUT2D eigenvalue weighted by Crippen LogP contribution is -2.46. The second-order valence-electron chi connectivity index (χ2n) is 6.32. The second kappa shape index (κ2) is 7.58. The maximum Gasteiger partial charge on any atom is 0.226 e. The van der Waals surface area contributed by atoms with Crippen LogP contribution in [0, 0.1) is 5.41 Å². The Morgan fingerprint density at radius 1 is 1.17 bits per heavy atom. The van der Waals surface area contributed by atoms with Gasteiger partial charge in [-0.25, -0.2) is 0 Å². The Balaban J connectivity index is 1.95. The first-order valence-corrected chi connectivity index (χ1v) is 8.59. The molecule has 1 N–H and O–H groups in total. The fraction of sp³-hybridized carbons (Fsp3) is 0.400. The number of pyridine rings is 1. The van der Waals surface area contributed by atoms with Crippen molar-refractivity contribution >= 4 is 5.91 Å². The second-order valence-corrected chi connectivity index (χ2v) is 6.32. The average Bonchev–Trinajstić information content (AvgIpc) is 2.64. The van der Waals surface area contributed by atoms with Crippen molar-refractivity contribution in [3.8, 4) is 11.1 Å². The van der Waals surface area contributed by atoms with Crippen molar-refractivity contribution in [3.05, 3.63) is 54.4 Å². The molecular weight excluding hydrogens is 300 g/mol. The molecule has 1 aliphatic heterocycles. The van der Waals surface area contributed by atoms with Crippen molar-refractivity contribution in [1.29, 1.82) is 0 Å². The van der Waals surface area contributed by atoms with Crippen LogP contribution in [0.5, 0.6) is 0 Å². The Morgan fingerprint density at radius 2 is 1.88 bits per heavy atom. The van der Waals surface area contributed by atoms with Crippen molar-refractivity contribution in [2.24, 2.45) is 5.41 Å². The molecule has 1 saturated heterocycles. The summed E-state index contributed by atoms with van der Waals surface area (Å²) in [6.07, 6.45) is 5.88. The molecule has 1 amide bonds. The Hall–Kier alpha value is -2.20. The fourth-order valence-corrected chi connectivity index (χ4v) is 3.45. The molecule has 0 radical (unpaired) electrons. The van der Waals surface area contributed by atoms with Gasteiger partial charge in [-0.3, -0.25) is 9.78 Å². The third-order valence-corrected chi connectivity index (χ3v) is 4.81. The van der Waals surface area contributed by atoms with E-state index in [4.69, 9.17) is 4.74 Å². The lowest BCUT2D eigenvalue weighted by Gasteiger charge is -2.36. The molecule has 0 unspecified atom stereocenters. The van der Waals surface area contributed by atoms with Crippen LogP contribution < -0.4 is 5.32 Å². The SMILES string of the molecule is CCNC(=O)C1(Cc2ccccc2-c2ccncc2)CCOCC1. The third kappa shape index (κ3) is 3.49. The molecule has 1 aromatic heterocycles. The van der Waals surface area contributed by atoms with Crippen LogP contribution in [0.2, 0.25) is 0 Å². The Bertz CT molecular complexity index is 679. The minimum atomic E-state index is -0.378. The summed E-state index contributed by atoms with van der Waals surface area (Å²) in [4.78, 5) is 16.9. The van der Waals surface area contributed by atoms with Crippen molar-refractivity contribution < 1.29 is 9.53 Å². The monoisotopic (exact) mass is 324 g/mol. The van der Waals surface area contributed by atoms with Crippen LogP contribution in [0.4, 0.5) is 0 Å². The molecule has 0 spiro atoms. The van der Waals surface area contributed by atoms with Crippen LogP contribution in [-0.4, -0.2) is 30.6 Å². The molecule has 1 aromatic carbocycles. The Kier molecular flexibility index (Phi) is 5.26. The zero-order valence-electron chi connectivity index (χ0n) is 14.1. The van der Waals surface area contributed by atoms with Crippen LogP contribution >= 0.6 is 0 Å². The minimum Gasteiger partial charge on any atom is -0.381 e. The molecule has 4 heteroatoms. The van der Waals surface area contributed by atoms with Gasteiger partial charge < -0.3 is 10.1 Å². The molecule has 24 heavy (non-hydrogen) atoms. The van der Waals surface area contributed by atoms with Gasteiger partial charge >= 0.3 is 0 Å². The summed E-state index contributed by atoms with van der Waals surface area (Å²) in [6, 6.07) is 12.4. The number of carbonyl (C=O) groups is 1. The highest BCUT2D eigenvalue weighted by Gasteiger charge is 2.40. The van der Waals surface area contributed by atoms with Crippen LogP contribution in [-0.2, 0) is 16.0 Å². The first kappa shape index (κ1) is 16.7. The largest absolute Gasteiger partial charge is 0.381 e. The van der Waals surface area contributed by atoms with E-state index in [1.54, 1.807) is 12.4 Å². The molecule has 0 bridgehead atoms. The Labute approximate surface area is 143 Å². The number of amides is 1. The van der Waals surface area contributed by atoms with Gasteiger partial charge in [0.25, 0.3) is 0 Å². The van der Waals surface area contributed by atoms with Gasteiger partial charge in [-0.15, -0.1) is 0 Å². The van der Waals surface area contributed by atoms with E-state index in [-0.39, 0.29) is 11.3 Å². The molecule has 4 nitrogen and oxygen atoms in total. The summed E-state index contributed by atoms with van der Waals surface area (Å²) in [5.41, 5.74) is 3.14. The highest BCUT2D eigenvalue weighted by molar-refractivity contribution is 5.83. The molecule has 2 heterocycles. The number of carbonyl (C=O) groups excluding carboxylic acids is 1. The standard InChI is InChI=1S/C20H24N2O2/c1-2-22-19(23)20(9-13-24-14-10-20)15-17-5-3-4-6-18(17)16-7-11-21-12-8-16/h3-8,11-12H,2,9-10,13-15H2,1H3,(H,22,23). The summed E-state index contributed by atoms with van der Waals surface area (Å²) >= 11 is 0. The summed E-state index contributed by atoms with van der Waals surface area (Å²) < 4.78 is 5.52. The van der Waals surface area contributed by atoms with E-state index in [9.17, 15) is 4.79 Å². The number of hydrogen-bond donors (Lipinski definition) is 1. The molecule has 2 aromatic rings. The summed E-state index contributed by atoms with van der Waals surface area (Å²) in [6.45, 7) is 3.92. The first-order valence-electron chi connectivity index (χ1n) is 8.59. The molecule has 0 saturated carbocycles. The normalized spacial score (nSPS) is 16.5. The minimum absolute atomic E-state index is 0.151. The maximum atomic E-state index is 12.8. The number of nitrogens with one attached hydrogen (secondary N) is 1. The van der Waals surface area contributed by atoms with Gasteiger partial charge in [0, 0.05) is 32.2 Å². The average molecular weight is 324 g/mol. The van der Waals surface area contributed by atoms with Gasteiger partial charge in [0.2, 0.25) is 5.91 Å². The van der Waals surface area contributed by atoms with Gasteiger partial charge in [-0.1, -0.05) is 24.3 Å². The lowest BCUT2D eigenvalue weighted by molar-refractivity contribution is -0.136. The van der Waals surface area contributed by atoms with Crippen LogP contribution in [0.15, 0.2) is 48.8 Å².